The number of hydrogen-bond acceptors (Lipinski definition) is 5. The van der Waals surface area contributed by atoms with Gasteiger partial charge in [0.1, 0.15) is 0 Å². The van der Waals surface area contributed by atoms with Gasteiger partial charge in [0.05, 0.1) is 0 Å². The molecule has 116 valence electrons. The fraction of sp³-hybridized carbons (Fsp3) is 0.400. The molecule has 2 amide bonds. The number of carbonyl (C=O) groups is 1. The second kappa shape index (κ2) is 5.76. The zero-order valence-corrected chi connectivity index (χ0v) is 12.7. The maximum Gasteiger partial charge on any atom is 0.329 e. The minimum atomic E-state index is -0.224. The monoisotopic (exact) mass is 301 g/mol. The van der Waals surface area contributed by atoms with Crippen LogP contribution in [-0.2, 0) is 0 Å². The Labute approximate surface area is 128 Å². The topological polar surface area (TPSA) is 83.3 Å². The van der Waals surface area contributed by atoms with Gasteiger partial charge >= 0.3 is 12.0 Å². The van der Waals surface area contributed by atoms with Gasteiger partial charge in [-0.25, -0.2) is 4.79 Å². The normalized spacial score (nSPS) is 17.3. The molecule has 0 unspecified atom stereocenters. The lowest BCUT2D eigenvalue weighted by atomic mass is 10.0. The smallest absolute Gasteiger partial charge is 0.321 e. The molecule has 0 radical (unpaired) electrons. The minimum Gasteiger partial charge on any atom is -0.321 e. The predicted octanol–water partition coefficient (Wildman–Crippen LogP) is 1.95. The van der Waals surface area contributed by atoms with Gasteiger partial charge in [-0.1, -0.05) is 35.5 Å². The number of hydrogen-bond donors (Lipinski definition) is 2. The lowest BCUT2D eigenvalue weighted by Crippen LogP contribution is -2.59. The highest BCUT2D eigenvalue weighted by atomic mass is 16.5. The van der Waals surface area contributed by atoms with Gasteiger partial charge in [0.15, 0.2) is 0 Å². The van der Waals surface area contributed by atoms with Crippen molar-refractivity contribution in [3.8, 4) is 11.4 Å². The highest BCUT2D eigenvalue weighted by Crippen LogP contribution is 2.17. The van der Waals surface area contributed by atoms with Gasteiger partial charge in [0, 0.05) is 30.7 Å². The quantitative estimate of drug-likeness (QED) is 0.886. The molecule has 1 fully saturated rings. The van der Waals surface area contributed by atoms with Crippen molar-refractivity contribution in [1.29, 1.82) is 0 Å². The third-order valence-corrected chi connectivity index (χ3v) is 3.53. The number of aromatic nitrogens is 2. The summed E-state index contributed by atoms with van der Waals surface area (Å²) in [5.74, 6) is 0.455. The average Bonchev–Trinajstić information content (AvgIpc) is 2.95. The Morgan fingerprint density at radius 3 is 2.86 bits per heavy atom. The number of carbonyl (C=O) groups excluding carboxylic acids is 1. The molecule has 7 nitrogen and oxygen atoms in total. The van der Waals surface area contributed by atoms with Gasteiger partial charge in [-0.15, -0.1) is 0 Å². The number of benzene rings is 1. The molecule has 0 saturated carbocycles. The summed E-state index contributed by atoms with van der Waals surface area (Å²) >= 11 is 0. The summed E-state index contributed by atoms with van der Waals surface area (Å²) in [5.41, 5.74) is 0.745. The summed E-state index contributed by atoms with van der Waals surface area (Å²) in [4.78, 5) is 18.2. The Kier molecular flexibility index (Phi) is 3.81. The van der Waals surface area contributed by atoms with E-state index < -0.39 is 0 Å². The molecule has 1 saturated heterocycles. The highest BCUT2D eigenvalue weighted by Gasteiger charge is 2.29. The van der Waals surface area contributed by atoms with Gasteiger partial charge in [-0.3, -0.25) is 5.32 Å². The van der Waals surface area contributed by atoms with E-state index in [0.717, 1.165) is 12.1 Å². The van der Waals surface area contributed by atoms with Gasteiger partial charge in [0.2, 0.25) is 5.82 Å². The van der Waals surface area contributed by atoms with Crippen LogP contribution in [0.5, 0.6) is 0 Å². The Morgan fingerprint density at radius 2 is 2.14 bits per heavy atom. The Balaban J connectivity index is 1.66. The van der Waals surface area contributed by atoms with E-state index in [1.165, 1.54) is 0 Å². The highest BCUT2D eigenvalue weighted by molar-refractivity contribution is 5.87. The maximum atomic E-state index is 12.3. The van der Waals surface area contributed by atoms with Crippen molar-refractivity contribution in [2.75, 3.05) is 25.0 Å². The summed E-state index contributed by atoms with van der Waals surface area (Å²) in [6.45, 7) is 6.16. The van der Waals surface area contributed by atoms with Crippen molar-refractivity contribution in [3.63, 3.8) is 0 Å². The van der Waals surface area contributed by atoms with Crippen LogP contribution >= 0.6 is 0 Å². The molecule has 1 aliphatic heterocycles. The molecule has 0 spiro atoms. The number of piperazine rings is 1. The van der Waals surface area contributed by atoms with Gasteiger partial charge < -0.3 is 14.7 Å². The molecule has 3 rings (SSSR count). The van der Waals surface area contributed by atoms with Gasteiger partial charge in [-0.2, -0.15) is 4.98 Å². The van der Waals surface area contributed by atoms with E-state index in [9.17, 15) is 4.79 Å². The molecule has 0 aliphatic carbocycles. The first-order valence-corrected chi connectivity index (χ1v) is 7.24. The van der Waals surface area contributed by atoms with Crippen LogP contribution in [0.4, 0.5) is 10.8 Å². The van der Waals surface area contributed by atoms with E-state index >= 15 is 0 Å². The molecule has 0 bridgehead atoms. The summed E-state index contributed by atoms with van der Waals surface area (Å²) < 4.78 is 5.10. The van der Waals surface area contributed by atoms with Crippen LogP contribution in [0.25, 0.3) is 11.4 Å². The average molecular weight is 301 g/mol. The van der Waals surface area contributed by atoms with Gasteiger partial charge in [0.25, 0.3) is 0 Å². The molecule has 2 heterocycles. The van der Waals surface area contributed by atoms with Crippen LogP contribution in [0, 0.1) is 0 Å². The van der Waals surface area contributed by atoms with Crippen LogP contribution in [0.1, 0.15) is 13.8 Å². The van der Waals surface area contributed by atoms with Crippen molar-refractivity contribution < 1.29 is 9.32 Å². The minimum absolute atomic E-state index is 0.0976. The molecular formula is C15H19N5O2. The zero-order chi connectivity index (χ0) is 15.6. The standard InChI is InChI=1S/C15H19N5O2/c1-15(2)10-20(9-8-16-15)14(21)18-13-17-12(19-22-13)11-6-4-3-5-7-11/h3-7,16H,8-10H2,1-2H3,(H,17,18,19,21). The summed E-state index contributed by atoms with van der Waals surface area (Å²) in [6.07, 6.45) is 0. The van der Waals surface area contributed by atoms with E-state index in [0.29, 0.717) is 18.9 Å². The summed E-state index contributed by atoms with van der Waals surface area (Å²) in [6, 6.07) is 9.36. The molecule has 1 aromatic heterocycles. The lowest BCUT2D eigenvalue weighted by molar-refractivity contribution is 0.164. The number of urea groups is 1. The van der Waals surface area contributed by atoms with E-state index in [4.69, 9.17) is 4.52 Å². The van der Waals surface area contributed by atoms with Crippen molar-refractivity contribution >= 4 is 12.0 Å². The number of nitrogens with zero attached hydrogens (tertiary/aromatic N) is 3. The SMILES string of the molecule is CC1(C)CN(C(=O)Nc2nc(-c3ccccc3)no2)CCN1. The third kappa shape index (κ3) is 3.25. The Hall–Kier alpha value is -2.41. The van der Waals surface area contributed by atoms with Crippen LogP contribution in [-0.4, -0.2) is 46.2 Å². The fourth-order valence-corrected chi connectivity index (χ4v) is 2.46. The second-order valence-electron chi connectivity index (χ2n) is 5.95. The molecule has 7 heteroatoms. The first-order valence-electron chi connectivity index (χ1n) is 7.24. The van der Waals surface area contributed by atoms with Crippen molar-refractivity contribution in [1.82, 2.24) is 20.4 Å². The summed E-state index contributed by atoms with van der Waals surface area (Å²) in [7, 11) is 0. The number of rotatable bonds is 2. The lowest BCUT2D eigenvalue weighted by Gasteiger charge is -2.38. The van der Waals surface area contributed by atoms with E-state index in [-0.39, 0.29) is 17.6 Å². The van der Waals surface area contributed by atoms with Crippen LogP contribution < -0.4 is 10.6 Å². The largest absolute Gasteiger partial charge is 0.329 e. The molecule has 1 aromatic carbocycles. The second-order valence-corrected chi connectivity index (χ2v) is 5.95. The Bertz CT molecular complexity index is 653. The number of nitrogens with one attached hydrogen (secondary N) is 2. The van der Waals surface area contributed by atoms with Crippen molar-refractivity contribution in [2.24, 2.45) is 0 Å². The van der Waals surface area contributed by atoms with Crippen LogP contribution in [0.15, 0.2) is 34.9 Å². The van der Waals surface area contributed by atoms with Gasteiger partial charge in [-0.05, 0) is 13.8 Å². The molecule has 2 aromatic rings. The van der Waals surface area contributed by atoms with E-state index in [1.54, 1.807) is 4.90 Å². The number of anilines is 1. The molecule has 0 atom stereocenters. The molecule has 1 aliphatic rings. The number of amides is 2. The van der Waals surface area contributed by atoms with E-state index in [2.05, 4.69) is 34.6 Å². The first-order chi connectivity index (χ1) is 10.5. The molecule has 2 N–H and O–H groups in total. The zero-order valence-electron chi connectivity index (χ0n) is 12.7. The predicted molar refractivity (Wildman–Crippen MR) is 82.4 cm³/mol. The fourth-order valence-electron chi connectivity index (χ4n) is 2.46. The van der Waals surface area contributed by atoms with Crippen molar-refractivity contribution in [3.05, 3.63) is 30.3 Å². The first kappa shape index (κ1) is 14.5. The molecular weight excluding hydrogens is 282 g/mol. The van der Waals surface area contributed by atoms with Crippen LogP contribution in [0.2, 0.25) is 0 Å². The van der Waals surface area contributed by atoms with Crippen LogP contribution in [0.3, 0.4) is 0 Å². The maximum absolute atomic E-state index is 12.3. The third-order valence-electron chi connectivity index (χ3n) is 3.53. The van der Waals surface area contributed by atoms with E-state index in [1.807, 2.05) is 30.3 Å². The molecule has 22 heavy (non-hydrogen) atoms. The Morgan fingerprint density at radius 1 is 1.36 bits per heavy atom. The van der Waals surface area contributed by atoms with Crippen molar-refractivity contribution in [2.45, 2.75) is 19.4 Å². The summed E-state index contributed by atoms with van der Waals surface area (Å²) in [5, 5.41) is 9.90.